The number of nitrogens with zero attached hydrogens (tertiary/aromatic N) is 3. The molecule has 0 aliphatic carbocycles. The Morgan fingerprint density at radius 1 is 1.50 bits per heavy atom. The Labute approximate surface area is 118 Å². The first-order valence-electron chi connectivity index (χ1n) is 6.89. The maximum Gasteiger partial charge on any atom is 0.410 e. The van der Waals surface area contributed by atoms with Crippen molar-refractivity contribution in [1.29, 1.82) is 0 Å². The molecule has 2 heterocycles. The summed E-state index contributed by atoms with van der Waals surface area (Å²) >= 11 is 0. The van der Waals surface area contributed by atoms with Crippen LogP contribution in [0.3, 0.4) is 0 Å². The number of aromatic nitrogens is 2. The summed E-state index contributed by atoms with van der Waals surface area (Å²) in [7, 11) is 0. The van der Waals surface area contributed by atoms with Gasteiger partial charge in [0.2, 0.25) is 0 Å². The molecule has 20 heavy (non-hydrogen) atoms. The average molecular weight is 283 g/mol. The van der Waals surface area contributed by atoms with Gasteiger partial charge in [-0.15, -0.1) is 0 Å². The Balaban J connectivity index is 1.97. The van der Waals surface area contributed by atoms with Gasteiger partial charge in [-0.1, -0.05) is 0 Å². The Kier molecular flexibility index (Phi) is 4.01. The summed E-state index contributed by atoms with van der Waals surface area (Å²) in [4.78, 5) is 13.4. The minimum Gasteiger partial charge on any atom is -0.444 e. The third-order valence-corrected chi connectivity index (χ3v) is 3.23. The number of halogens is 1. The van der Waals surface area contributed by atoms with Crippen molar-refractivity contribution in [2.24, 2.45) is 0 Å². The van der Waals surface area contributed by atoms with Gasteiger partial charge in [0.05, 0.1) is 18.8 Å². The maximum absolute atomic E-state index is 14.3. The molecule has 1 aromatic heterocycles. The summed E-state index contributed by atoms with van der Waals surface area (Å²) in [5.74, 6) is 0. The molecule has 1 amide bonds. The molecule has 1 saturated heterocycles. The lowest BCUT2D eigenvalue weighted by atomic mass is 10.0. The van der Waals surface area contributed by atoms with Crippen LogP contribution in [0.2, 0.25) is 0 Å². The van der Waals surface area contributed by atoms with E-state index in [1.165, 1.54) is 4.90 Å². The van der Waals surface area contributed by atoms with Crippen LogP contribution in [0.25, 0.3) is 0 Å². The number of carbonyl (C=O) groups excluding carboxylic acids is 1. The van der Waals surface area contributed by atoms with Gasteiger partial charge in [0.1, 0.15) is 11.8 Å². The van der Waals surface area contributed by atoms with Crippen LogP contribution in [-0.4, -0.2) is 45.6 Å². The molecule has 1 aliphatic rings. The van der Waals surface area contributed by atoms with Crippen LogP contribution in [0.4, 0.5) is 9.18 Å². The SMILES string of the molecule is Cc1cnn(C2CCN(C(=O)OC(C)(C)C)CC2F)c1. The molecule has 1 fully saturated rings. The van der Waals surface area contributed by atoms with Gasteiger partial charge in [0.15, 0.2) is 0 Å². The first kappa shape index (κ1) is 14.8. The van der Waals surface area contributed by atoms with Crippen LogP contribution in [0, 0.1) is 6.92 Å². The monoisotopic (exact) mass is 283 g/mol. The highest BCUT2D eigenvalue weighted by Gasteiger charge is 2.34. The predicted molar refractivity (Wildman–Crippen MR) is 73.3 cm³/mol. The quantitative estimate of drug-likeness (QED) is 0.796. The van der Waals surface area contributed by atoms with E-state index in [4.69, 9.17) is 4.74 Å². The standard InChI is InChI=1S/C14H22FN3O2/c1-10-7-16-18(8-10)12-5-6-17(9-11(12)15)13(19)20-14(2,3)4/h7-8,11-12H,5-6,9H2,1-4H3. The topological polar surface area (TPSA) is 47.4 Å². The Bertz CT molecular complexity index is 481. The summed E-state index contributed by atoms with van der Waals surface area (Å²) in [6, 6.07) is -0.303. The van der Waals surface area contributed by atoms with Crippen molar-refractivity contribution in [2.45, 2.75) is 51.9 Å². The van der Waals surface area contributed by atoms with E-state index >= 15 is 0 Å². The smallest absolute Gasteiger partial charge is 0.410 e. The summed E-state index contributed by atoms with van der Waals surface area (Å²) in [6.45, 7) is 7.87. The summed E-state index contributed by atoms with van der Waals surface area (Å²) < 4.78 is 21.2. The number of amides is 1. The lowest BCUT2D eigenvalue weighted by Crippen LogP contribution is -2.47. The fraction of sp³-hybridized carbons (Fsp3) is 0.714. The number of ether oxygens (including phenoxy) is 1. The number of hydrogen-bond donors (Lipinski definition) is 0. The first-order valence-corrected chi connectivity index (χ1v) is 6.89. The molecule has 0 radical (unpaired) electrons. The van der Waals surface area contributed by atoms with E-state index in [1.54, 1.807) is 31.6 Å². The molecule has 0 saturated carbocycles. The number of piperidine rings is 1. The zero-order chi connectivity index (χ0) is 14.9. The Morgan fingerprint density at radius 2 is 2.20 bits per heavy atom. The molecule has 2 unspecified atom stereocenters. The zero-order valence-electron chi connectivity index (χ0n) is 12.5. The van der Waals surface area contributed by atoms with Crippen LogP contribution in [0.1, 0.15) is 38.8 Å². The number of alkyl halides is 1. The van der Waals surface area contributed by atoms with Gasteiger partial charge in [-0.3, -0.25) is 4.68 Å². The number of carbonyl (C=O) groups is 1. The molecule has 6 heteroatoms. The number of likely N-dealkylation sites (tertiary alicyclic amines) is 1. The molecule has 112 valence electrons. The summed E-state index contributed by atoms with van der Waals surface area (Å²) in [5.41, 5.74) is 0.450. The first-order chi connectivity index (χ1) is 9.26. The van der Waals surface area contributed by atoms with Crippen molar-refractivity contribution in [3.8, 4) is 0 Å². The Morgan fingerprint density at radius 3 is 2.70 bits per heavy atom. The van der Waals surface area contributed by atoms with Gasteiger partial charge in [0.25, 0.3) is 0 Å². The van der Waals surface area contributed by atoms with Crippen LogP contribution in [-0.2, 0) is 4.74 Å². The highest BCUT2D eigenvalue weighted by atomic mass is 19.1. The van der Waals surface area contributed by atoms with Crippen LogP contribution in [0.15, 0.2) is 12.4 Å². The highest BCUT2D eigenvalue weighted by Crippen LogP contribution is 2.26. The van der Waals surface area contributed by atoms with Crippen molar-refractivity contribution in [2.75, 3.05) is 13.1 Å². The molecule has 0 bridgehead atoms. The predicted octanol–water partition coefficient (Wildman–Crippen LogP) is 2.71. The molecular formula is C14H22FN3O2. The summed E-state index contributed by atoms with van der Waals surface area (Å²) in [6.07, 6.45) is 2.51. The second-order valence-electron chi connectivity index (χ2n) is 6.30. The van der Waals surface area contributed by atoms with Crippen molar-refractivity contribution < 1.29 is 13.9 Å². The highest BCUT2D eigenvalue weighted by molar-refractivity contribution is 5.68. The molecule has 1 aliphatic heterocycles. The lowest BCUT2D eigenvalue weighted by Gasteiger charge is -2.35. The van der Waals surface area contributed by atoms with E-state index in [-0.39, 0.29) is 12.6 Å². The Hall–Kier alpha value is -1.59. The van der Waals surface area contributed by atoms with Gasteiger partial charge in [-0.2, -0.15) is 5.10 Å². The van der Waals surface area contributed by atoms with E-state index in [1.807, 2.05) is 13.1 Å². The fourth-order valence-corrected chi connectivity index (χ4v) is 2.30. The molecule has 2 rings (SSSR count). The summed E-state index contributed by atoms with van der Waals surface area (Å²) in [5, 5.41) is 4.16. The third-order valence-electron chi connectivity index (χ3n) is 3.23. The molecular weight excluding hydrogens is 261 g/mol. The van der Waals surface area contributed by atoms with Gasteiger partial charge in [0, 0.05) is 12.7 Å². The second kappa shape index (κ2) is 5.42. The molecule has 5 nitrogen and oxygen atoms in total. The van der Waals surface area contributed by atoms with Gasteiger partial charge in [-0.05, 0) is 39.7 Å². The van der Waals surface area contributed by atoms with Crippen LogP contribution < -0.4 is 0 Å². The van der Waals surface area contributed by atoms with Crippen LogP contribution >= 0.6 is 0 Å². The van der Waals surface area contributed by atoms with Gasteiger partial charge < -0.3 is 9.64 Å². The maximum atomic E-state index is 14.3. The van der Waals surface area contributed by atoms with Crippen LogP contribution in [0.5, 0.6) is 0 Å². The van der Waals surface area contributed by atoms with E-state index in [0.717, 1.165) is 5.56 Å². The van der Waals surface area contributed by atoms with Gasteiger partial charge >= 0.3 is 6.09 Å². The molecule has 2 atom stereocenters. The molecule has 0 aromatic carbocycles. The van der Waals surface area contributed by atoms with E-state index in [2.05, 4.69) is 5.10 Å². The van der Waals surface area contributed by atoms with E-state index in [0.29, 0.717) is 13.0 Å². The fourth-order valence-electron chi connectivity index (χ4n) is 2.30. The number of rotatable bonds is 1. The number of hydrogen-bond acceptors (Lipinski definition) is 3. The molecule has 0 N–H and O–H groups in total. The van der Waals surface area contributed by atoms with Crippen molar-refractivity contribution >= 4 is 6.09 Å². The molecule has 1 aromatic rings. The minimum absolute atomic E-state index is 0.0541. The van der Waals surface area contributed by atoms with Gasteiger partial charge in [-0.25, -0.2) is 9.18 Å². The van der Waals surface area contributed by atoms with Crippen molar-refractivity contribution in [3.05, 3.63) is 18.0 Å². The third kappa shape index (κ3) is 3.49. The minimum atomic E-state index is -1.13. The van der Waals surface area contributed by atoms with E-state index in [9.17, 15) is 9.18 Å². The zero-order valence-corrected chi connectivity index (χ0v) is 12.5. The van der Waals surface area contributed by atoms with Crippen molar-refractivity contribution in [3.63, 3.8) is 0 Å². The van der Waals surface area contributed by atoms with Crippen molar-refractivity contribution in [1.82, 2.24) is 14.7 Å². The normalized spacial score (nSPS) is 23.8. The number of aryl methyl sites for hydroxylation is 1. The van der Waals surface area contributed by atoms with E-state index < -0.39 is 17.9 Å². The lowest BCUT2D eigenvalue weighted by molar-refractivity contribution is 0.00575. The second-order valence-corrected chi connectivity index (χ2v) is 6.30. The largest absolute Gasteiger partial charge is 0.444 e. The average Bonchev–Trinajstić information content (AvgIpc) is 2.73. The molecule has 0 spiro atoms.